The van der Waals surface area contributed by atoms with Crippen molar-refractivity contribution < 1.29 is 9.53 Å². The highest BCUT2D eigenvalue weighted by Gasteiger charge is 2.41. The van der Waals surface area contributed by atoms with E-state index in [9.17, 15) is 4.79 Å². The van der Waals surface area contributed by atoms with Crippen LogP contribution in [0.25, 0.3) is 0 Å². The maximum atomic E-state index is 13.0. The van der Waals surface area contributed by atoms with Crippen molar-refractivity contribution in [2.24, 2.45) is 0 Å². The molecule has 2 N–H and O–H groups in total. The third kappa shape index (κ3) is 4.18. The first kappa shape index (κ1) is 18.5. The number of ether oxygens (including phenoxy) is 1. The normalized spacial score (nSPS) is 23.1. The molecule has 3 rings (SSSR count). The molecule has 23 heavy (non-hydrogen) atoms. The molecule has 1 aromatic carbocycles. The first-order valence-electron chi connectivity index (χ1n) is 8.06. The van der Waals surface area contributed by atoms with Crippen molar-refractivity contribution in [1.82, 2.24) is 10.6 Å². The van der Waals surface area contributed by atoms with Crippen LogP contribution in [-0.4, -0.2) is 38.3 Å². The highest BCUT2D eigenvalue weighted by molar-refractivity contribution is 6.30. The van der Waals surface area contributed by atoms with Crippen molar-refractivity contribution in [1.29, 1.82) is 0 Å². The lowest BCUT2D eigenvalue weighted by atomic mass is 9.73. The molecule has 0 radical (unpaired) electrons. The van der Waals surface area contributed by atoms with Gasteiger partial charge in [-0.05, 0) is 49.9 Å². The Kier molecular flexibility index (Phi) is 6.72. The molecule has 6 heteroatoms. The SMILES string of the molecule is Cl.O=C(NCC1CCCN1)C1(c2cccc(Cl)c2)CCOCC1. The fourth-order valence-corrected chi connectivity index (χ4v) is 3.66. The molecule has 0 aromatic heterocycles. The quantitative estimate of drug-likeness (QED) is 0.869. The average molecular weight is 359 g/mol. The van der Waals surface area contributed by atoms with Crippen molar-refractivity contribution in [3.63, 3.8) is 0 Å². The molecule has 2 aliphatic heterocycles. The Morgan fingerprint density at radius 2 is 2.17 bits per heavy atom. The topological polar surface area (TPSA) is 50.4 Å². The Bertz CT molecular complexity index is 527. The van der Waals surface area contributed by atoms with Gasteiger partial charge in [-0.15, -0.1) is 12.4 Å². The number of hydrogen-bond donors (Lipinski definition) is 2. The molecule has 1 unspecified atom stereocenters. The smallest absolute Gasteiger partial charge is 0.230 e. The Labute approximate surface area is 148 Å². The summed E-state index contributed by atoms with van der Waals surface area (Å²) in [6, 6.07) is 8.09. The van der Waals surface area contributed by atoms with Crippen LogP contribution >= 0.6 is 24.0 Å². The van der Waals surface area contributed by atoms with Crippen LogP contribution in [0.4, 0.5) is 0 Å². The standard InChI is InChI=1S/C17H23ClN2O2.ClH/c18-14-4-1-3-13(11-14)17(6-9-22-10-7-17)16(21)20-12-15-5-2-8-19-15;/h1,3-4,11,15,19H,2,5-10,12H2,(H,20,21);1H. The molecule has 2 fully saturated rings. The maximum Gasteiger partial charge on any atom is 0.230 e. The van der Waals surface area contributed by atoms with Crippen LogP contribution in [0.2, 0.25) is 5.02 Å². The highest BCUT2D eigenvalue weighted by Crippen LogP contribution is 2.36. The Hall–Kier alpha value is -0.810. The molecule has 0 spiro atoms. The summed E-state index contributed by atoms with van der Waals surface area (Å²) in [4.78, 5) is 13.0. The minimum Gasteiger partial charge on any atom is -0.381 e. The van der Waals surface area contributed by atoms with Crippen LogP contribution in [0, 0.1) is 0 Å². The van der Waals surface area contributed by atoms with Crippen molar-refractivity contribution >= 4 is 29.9 Å². The zero-order valence-corrected chi connectivity index (χ0v) is 14.7. The summed E-state index contributed by atoms with van der Waals surface area (Å²) in [5.41, 5.74) is 0.488. The summed E-state index contributed by atoms with van der Waals surface area (Å²) in [5.74, 6) is 0.103. The molecule has 0 saturated carbocycles. The van der Waals surface area contributed by atoms with Crippen molar-refractivity contribution in [2.45, 2.75) is 37.1 Å². The summed E-state index contributed by atoms with van der Waals surface area (Å²) in [7, 11) is 0. The summed E-state index contributed by atoms with van der Waals surface area (Å²) in [5, 5.41) is 7.24. The fraction of sp³-hybridized carbons (Fsp3) is 0.588. The number of rotatable bonds is 4. The molecule has 2 saturated heterocycles. The summed E-state index contributed by atoms with van der Waals surface area (Å²) < 4.78 is 5.48. The summed E-state index contributed by atoms with van der Waals surface area (Å²) in [6.07, 6.45) is 3.73. The molecule has 1 atom stereocenters. The highest BCUT2D eigenvalue weighted by atomic mass is 35.5. The molecular formula is C17H24Cl2N2O2. The number of benzene rings is 1. The van der Waals surface area contributed by atoms with E-state index >= 15 is 0 Å². The number of amides is 1. The predicted octanol–water partition coefficient (Wildman–Crippen LogP) is 2.68. The van der Waals surface area contributed by atoms with Crippen molar-refractivity contribution in [3.05, 3.63) is 34.9 Å². The molecular weight excluding hydrogens is 335 g/mol. The lowest BCUT2D eigenvalue weighted by Gasteiger charge is -2.36. The van der Waals surface area contributed by atoms with E-state index in [-0.39, 0.29) is 18.3 Å². The number of carbonyl (C=O) groups excluding carboxylic acids is 1. The zero-order chi connectivity index (χ0) is 15.4. The van der Waals surface area contributed by atoms with Gasteiger partial charge in [0.05, 0.1) is 5.41 Å². The molecule has 128 valence electrons. The van der Waals surface area contributed by atoms with Crippen molar-refractivity contribution in [3.8, 4) is 0 Å². The van der Waals surface area contributed by atoms with Gasteiger partial charge in [-0.2, -0.15) is 0 Å². The van der Waals surface area contributed by atoms with Gasteiger partial charge in [0.25, 0.3) is 0 Å². The van der Waals surface area contributed by atoms with Crippen LogP contribution in [0.1, 0.15) is 31.2 Å². The van der Waals surface area contributed by atoms with Gasteiger partial charge in [-0.25, -0.2) is 0 Å². The largest absolute Gasteiger partial charge is 0.381 e. The van der Waals surface area contributed by atoms with Crippen molar-refractivity contribution in [2.75, 3.05) is 26.3 Å². The molecule has 1 aromatic rings. The monoisotopic (exact) mass is 358 g/mol. The number of halogens is 2. The second-order valence-electron chi connectivity index (χ2n) is 6.21. The van der Waals surface area contributed by atoms with E-state index in [2.05, 4.69) is 10.6 Å². The summed E-state index contributed by atoms with van der Waals surface area (Å²) >= 11 is 6.14. The second-order valence-corrected chi connectivity index (χ2v) is 6.64. The lowest BCUT2D eigenvalue weighted by Crippen LogP contribution is -2.50. The molecule has 2 aliphatic rings. The molecule has 4 nitrogen and oxygen atoms in total. The third-order valence-corrected chi connectivity index (χ3v) is 5.06. The zero-order valence-electron chi connectivity index (χ0n) is 13.1. The number of carbonyl (C=O) groups is 1. The Morgan fingerprint density at radius 1 is 1.39 bits per heavy atom. The first-order valence-corrected chi connectivity index (χ1v) is 8.44. The Balaban J connectivity index is 0.00000192. The van der Waals surface area contributed by atoms with E-state index in [1.165, 1.54) is 6.42 Å². The van der Waals surface area contributed by atoms with E-state index in [4.69, 9.17) is 16.3 Å². The van der Waals surface area contributed by atoms with Gasteiger partial charge < -0.3 is 15.4 Å². The minimum atomic E-state index is -0.512. The van der Waals surface area contributed by atoms with E-state index in [0.717, 1.165) is 18.5 Å². The van der Waals surface area contributed by atoms with Gasteiger partial charge in [-0.3, -0.25) is 4.79 Å². The molecule has 2 heterocycles. The van der Waals surface area contributed by atoms with E-state index in [1.54, 1.807) is 0 Å². The van der Waals surface area contributed by atoms with Gasteiger partial charge in [-0.1, -0.05) is 23.7 Å². The van der Waals surface area contributed by atoms with Gasteiger partial charge in [0, 0.05) is 30.8 Å². The van der Waals surface area contributed by atoms with E-state index in [0.29, 0.717) is 43.7 Å². The van der Waals surface area contributed by atoms with Crippen LogP contribution in [-0.2, 0) is 14.9 Å². The Morgan fingerprint density at radius 3 is 2.83 bits per heavy atom. The average Bonchev–Trinajstić information content (AvgIpc) is 3.06. The van der Waals surface area contributed by atoms with Gasteiger partial charge in [0.15, 0.2) is 0 Å². The molecule has 0 aliphatic carbocycles. The molecule has 0 bridgehead atoms. The summed E-state index contributed by atoms with van der Waals surface area (Å²) in [6.45, 7) is 2.97. The van der Waals surface area contributed by atoms with Crippen LogP contribution < -0.4 is 10.6 Å². The van der Waals surface area contributed by atoms with Gasteiger partial charge in [0.2, 0.25) is 5.91 Å². The minimum absolute atomic E-state index is 0. The lowest BCUT2D eigenvalue weighted by molar-refractivity contribution is -0.130. The fourth-order valence-electron chi connectivity index (χ4n) is 3.47. The third-order valence-electron chi connectivity index (χ3n) is 4.83. The first-order chi connectivity index (χ1) is 10.7. The van der Waals surface area contributed by atoms with E-state index in [1.807, 2.05) is 24.3 Å². The van der Waals surface area contributed by atoms with Crippen LogP contribution in [0.5, 0.6) is 0 Å². The van der Waals surface area contributed by atoms with E-state index < -0.39 is 5.41 Å². The van der Waals surface area contributed by atoms with Crippen LogP contribution in [0.3, 0.4) is 0 Å². The molecule has 1 amide bonds. The van der Waals surface area contributed by atoms with Crippen LogP contribution in [0.15, 0.2) is 24.3 Å². The van der Waals surface area contributed by atoms with Gasteiger partial charge in [0.1, 0.15) is 0 Å². The second kappa shape index (κ2) is 8.34. The van der Waals surface area contributed by atoms with Gasteiger partial charge >= 0.3 is 0 Å². The maximum absolute atomic E-state index is 13.0. The number of hydrogen-bond acceptors (Lipinski definition) is 3. The number of nitrogens with one attached hydrogen (secondary N) is 2. The predicted molar refractivity (Wildman–Crippen MR) is 94.5 cm³/mol.